The van der Waals surface area contributed by atoms with Gasteiger partial charge in [0.1, 0.15) is 11.3 Å². The van der Waals surface area contributed by atoms with Crippen LogP contribution in [0, 0.1) is 6.92 Å². The number of nitrogens with zero attached hydrogens (tertiary/aromatic N) is 3. The van der Waals surface area contributed by atoms with Crippen molar-refractivity contribution in [2.45, 2.75) is 13.8 Å². The second-order valence-electron chi connectivity index (χ2n) is 6.86. The first-order chi connectivity index (χ1) is 15.1. The van der Waals surface area contributed by atoms with Gasteiger partial charge < -0.3 is 10.1 Å². The van der Waals surface area contributed by atoms with E-state index >= 15 is 0 Å². The SMILES string of the molecule is CCOC(=O)c1cnn(-c2ccccc2)c1NC(=O)c1cc(-c2ccc(C)cc2)n[nH]1. The highest BCUT2D eigenvalue weighted by atomic mass is 16.5. The van der Waals surface area contributed by atoms with E-state index in [4.69, 9.17) is 4.74 Å². The number of hydrogen-bond donors (Lipinski definition) is 2. The Kier molecular flexibility index (Phi) is 5.61. The molecule has 0 atom stereocenters. The number of hydrogen-bond acceptors (Lipinski definition) is 5. The molecule has 0 aliphatic rings. The maximum atomic E-state index is 13.0. The van der Waals surface area contributed by atoms with Gasteiger partial charge in [0.05, 0.1) is 24.2 Å². The minimum atomic E-state index is -0.565. The molecule has 8 nitrogen and oxygen atoms in total. The Bertz CT molecular complexity index is 1210. The molecule has 0 aliphatic heterocycles. The molecule has 0 bridgehead atoms. The van der Waals surface area contributed by atoms with Gasteiger partial charge >= 0.3 is 5.97 Å². The lowest BCUT2D eigenvalue weighted by atomic mass is 10.1. The van der Waals surface area contributed by atoms with E-state index in [1.807, 2.05) is 61.5 Å². The third kappa shape index (κ3) is 4.23. The number of ether oxygens (including phenoxy) is 1. The predicted octanol–water partition coefficient (Wildman–Crippen LogP) is 4.00. The molecular formula is C23H21N5O3. The summed E-state index contributed by atoms with van der Waals surface area (Å²) >= 11 is 0. The Balaban J connectivity index is 1.65. The summed E-state index contributed by atoms with van der Waals surface area (Å²) in [6.45, 7) is 3.93. The molecule has 4 aromatic rings. The first-order valence-electron chi connectivity index (χ1n) is 9.81. The van der Waals surface area contributed by atoms with E-state index in [0.717, 1.165) is 11.1 Å². The number of aromatic nitrogens is 4. The molecule has 2 aromatic heterocycles. The zero-order valence-corrected chi connectivity index (χ0v) is 17.1. The number of carbonyl (C=O) groups excluding carboxylic acids is 2. The highest BCUT2D eigenvalue weighted by Crippen LogP contribution is 2.23. The van der Waals surface area contributed by atoms with Crippen LogP contribution >= 0.6 is 0 Å². The van der Waals surface area contributed by atoms with E-state index in [1.54, 1.807) is 13.0 Å². The number of benzene rings is 2. The number of esters is 1. The van der Waals surface area contributed by atoms with E-state index in [9.17, 15) is 9.59 Å². The van der Waals surface area contributed by atoms with Crippen molar-refractivity contribution in [1.29, 1.82) is 0 Å². The van der Waals surface area contributed by atoms with Crippen LogP contribution in [-0.2, 0) is 4.74 Å². The van der Waals surface area contributed by atoms with Crippen LogP contribution in [0.4, 0.5) is 5.82 Å². The topological polar surface area (TPSA) is 102 Å². The fourth-order valence-corrected chi connectivity index (χ4v) is 3.08. The van der Waals surface area contributed by atoms with Crippen molar-refractivity contribution in [3.05, 3.63) is 83.7 Å². The summed E-state index contributed by atoms with van der Waals surface area (Å²) in [6.07, 6.45) is 1.38. The standard InChI is InChI=1S/C23H21N5O3/c1-3-31-23(30)18-14-24-28(17-7-5-4-6-8-17)21(18)25-22(29)20-13-19(26-27-20)16-11-9-15(2)10-12-16/h4-14H,3H2,1-2H3,(H,25,29)(H,26,27). The van der Waals surface area contributed by atoms with Gasteiger partial charge in [0.25, 0.3) is 5.91 Å². The zero-order chi connectivity index (χ0) is 21.8. The molecular weight excluding hydrogens is 394 g/mol. The third-order valence-electron chi connectivity index (χ3n) is 4.67. The number of rotatable bonds is 6. The predicted molar refractivity (Wildman–Crippen MR) is 116 cm³/mol. The second-order valence-corrected chi connectivity index (χ2v) is 6.86. The Hall–Kier alpha value is -4.20. The summed E-state index contributed by atoms with van der Waals surface area (Å²) in [6, 6.07) is 18.7. The quantitative estimate of drug-likeness (QED) is 0.464. The first-order valence-corrected chi connectivity index (χ1v) is 9.81. The van der Waals surface area contributed by atoms with Gasteiger partial charge in [-0.05, 0) is 32.0 Å². The number of aryl methyl sites for hydroxylation is 1. The van der Waals surface area contributed by atoms with Crippen molar-refractivity contribution in [3.8, 4) is 16.9 Å². The van der Waals surface area contributed by atoms with Gasteiger partial charge in [0, 0.05) is 5.56 Å². The first kappa shape index (κ1) is 20.1. The highest BCUT2D eigenvalue weighted by Gasteiger charge is 2.23. The minimum absolute atomic E-state index is 0.164. The molecule has 0 spiro atoms. The molecule has 2 aromatic carbocycles. The Morgan fingerprint density at radius 3 is 2.55 bits per heavy atom. The number of aromatic amines is 1. The zero-order valence-electron chi connectivity index (χ0n) is 17.1. The second kappa shape index (κ2) is 8.66. The summed E-state index contributed by atoms with van der Waals surface area (Å²) < 4.78 is 6.60. The fourth-order valence-electron chi connectivity index (χ4n) is 3.08. The molecule has 0 saturated carbocycles. The molecule has 0 saturated heterocycles. The van der Waals surface area contributed by atoms with Crippen molar-refractivity contribution < 1.29 is 14.3 Å². The normalized spacial score (nSPS) is 10.6. The van der Waals surface area contributed by atoms with Gasteiger partial charge in [-0.15, -0.1) is 0 Å². The van der Waals surface area contributed by atoms with Gasteiger partial charge in [0.2, 0.25) is 0 Å². The molecule has 156 valence electrons. The molecule has 0 fully saturated rings. The van der Waals surface area contributed by atoms with E-state index in [1.165, 1.54) is 10.9 Å². The number of H-pyrrole nitrogens is 1. The van der Waals surface area contributed by atoms with Crippen molar-refractivity contribution in [1.82, 2.24) is 20.0 Å². The Morgan fingerprint density at radius 1 is 1.10 bits per heavy atom. The molecule has 0 aliphatic carbocycles. The minimum Gasteiger partial charge on any atom is -0.462 e. The van der Waals surface area contributed by atoms with Crippen LogP contribution in [0.25, 0.3) is 16.9 Å². The molecule has 4 rings (SSSR count). The van der Waals surface area contributed by atoms with Crippen LogP contribution in [0.1, 0.15) is 33.3 Å². The highest BCUT2D eigenvalue weighted by molar-refractivity contribution is 6.07. The van der Waals surface area contributed by atoms with Crippen LogP contribution in [-0.4, -0.2) is 38.5 Å². The number of nitrogens with one attached hydrogen (secondary N) is 2. The lowest BCUT2D eigenvalue weighted by molar-refractivity contribution is 0.0527. The number of anilines is 1. The molecule has 8 heteroatoms. The van der Waals surface area contributed by atoms with Gasteiger partial charge in [-0.3, -0.25) is 9.89 Å². The monoisotopic (exact) mass is 415 g/mol. The summed E-state index contributed by atoms with van der Waals surface area (Å²) in [4.78, 5) is 25.3. The van der Waals surface area contributed by atoms with Crippen molar-refractivity contribution in [3.63, 3.8) is 0 Å². The summed E-state index contributed by atoms with van der Waals surface area (Å²) in [5.74, 6) is -0.792. The Morgan fingerprint density at radius 2 is 1.84 bits per heavy atom. The maximum Gasteiger partial charge on any atom is 0.343 e. The van der Waals surface area contributed by atoms with Crippen molar-refractivity contribution >= 4 is 17.7 Å². The van der Waals surface area contributed by atoms with Gasteiger partial charge in [-0.1, -0.05) is 48.0 Å². The smallest absolute Gasteiger partial charge is 0.343 e. The van der Waals surface area contributed by atoms with E-state index in [0.29, 0.717) is 11.4 Å². The van der Waals surface area contributed by atoms with Crippen LogP contribution in [0.3, 0.4) is 0 Å². The van der Waals surface area contributed by atoms with Crippen molar-refractivity contribution in [2.24, 2.45) is 0 Å². The largest absolute Gasteiger partial charge is 0.462 e. The Labute approximate surface area is 178 Å². The molecule has 31 heavy (non-hydrogen) atoms. The summed E-state index contributed by atoms with van der Waals surface area (Å²) in [5, 5.41) is 14.0. The van der Waals surface area contributed by atoms with Gasteiger partial charge in [0.15, 0.2) is 5.82 Å². The summed E-state index contributed by atoms with van der Waals surface area (Å²) in [5.41, 5.74) is 3.79. The number of amides is 1. The number of para-hydroxylation sites is 1. The molecule has 0 unspecified atom stereocenters. The van der Waals surface area contributed by atoms with E-state index in [2.05, 4.69) is 20.6 Å². The maximum absolute atomic E-state index is 13.0. The molecule has 2 heterocycles. The lowest BCUT2D eigenvalue weighted by Gasteiger charge is -2.10. The van der Waals surface area contributed by atoms with Crippen LogP contribution in [0.5, 0.6) is 0 Å². The van der Waals surface area contributed by atoms with Crippen LogP contribution < -0.4 is 5.32 Å². The van der Waals surface area contributed by atoms with E-state index < -0.39 is 11.9 Å². The van der Waals surface area contributed by atoms with E-state index in [-0.39, 0.29) is 23.7 Å². The number of carbonyl (C=O) groups is 2. The van der Waals surface area contributed by atoms with Crippen molar-refractivity contribution in [2.75, 3.05) is 11.9 Å². The summed E-state index contributed by atoms with van der Waals surface area (Å²) in [7, 11) is 0. The molecule has 1 amide bonds. The average molecular weight is 415 g/mol. The van der Waals surface area contributed by atoms with Gasteiger partial charge in [-0.2, -0.15) is 10.2 Å². The van der Waals surface area contributed by atoms with Crippen LogP contribution in [0.15, 0.2) is 66.9 Å². The fraction of sp³-hybridized carbons (Fsp3) is 0.130. The lowest BCUT2D eigenvalue weighted by Crippen LogP contribution is -2.18. The average Bonchev–Trinajstić information content (AvgIpc) is 3.43. The van der Waals surface area contributed by atoms with Gasteiger partial charge in [-0.25, -0.2) is 9.48 Å². The van der Waals surface area contributed by atoms with Crippen LogP contribution in [0.2, 0.25) is 0 Å². The third-order valence-corrected chi connectivity index (χ3v) is 4.67. The molecule has 2 N–H and O–H groups in total. The molecule has 0 radical (unpaired) electrons.